The predicted octanol–water partition coefficient (Wildman–Crippen LogP) is 6.35. The van der Waals surface area contributed by atoms with Crippen LogP contribution in [0.15, 0.2) is 59.1 Å². The van der Waals surface area contributed by atoms with Gasteiger partial charge < -0.3 is 20.7 Å². The van der Waals surface area contributed by atoms with Crippen LogP contribution in [0.2, 0.25) is 0 Å². The standard InChI is InChI=1S/C22H13F7N4O3/c23-15-7-5-12(9-14(15)21(24,25)26)33(20(31)34)11-3-1-10(2-4-11)13-6-8-16(35-22(27,28)29)18-17(13)19(30)32-36-18/h1-9H,(H2,30,32)(H2,31,34). The van der Waals surface area contributed by atoms with Crippen LogP contribution in [0, 0.1) is 5.82 Å². The number of halogens is 7. The number of carbonyl (C=O) groups is 1. The zero-order valence-corrected chi connectivity index (χ0v) is 17.6. The number of nitrogens with zero attached hydrogens (tertiary/aromatic N) is 2. The molecule has 3 aromatic carbocycles. The lowest BCUT2D eigenvalue weighted by molar-refractivity contribution is -0.274. The molecule has 0 saturated heterocycles. The molecule has 36 heavy (non-hydrogen) atoms. The Bertz CT molecular complexity index is 1450. The fourth-order valence-electron chi connectivity index (χ4n) is 3.56. The van der Waals surface area contributed by atoms with Gasteiger partial charge in [0.2, 0.25) is 5.58 Å². The first-order valence-electron chi connectivity index (χ1n) is 9.76. The van der Waals surface area contributed by atoms with Gasteiger partial charge in [-0.1, -0.05) is 17.3 Å². The number of carbonyl (C=O) groups excluding carboxylic acids is 1. The molecule has 7 nitrogen and oxygen atoms in total. The molecule has 4 aromatic rings. The monoisotopic (exact) mass is 514 g/mol. The molecule has 1 aromatic heterocycles. The van der Waals surface area contributed by atoms with Crippen molar-refractivity contribution in [3.8, 4) is 16.9 Å². The molecule has 0 aliphatic heterocycles. The average molecular weight is 514 g/mol. The summed E-state index contributed by atoms with van der Waals surface area (Å²) < 4.78 is 100.0. The van der Waals surface area contributed by atoms with Crippen LogP contribution in [-0.2, 0) is 6.18 Å². The fourth-order valence-corrected chi connectivity index (χ4v) is 3.56. The number of hydrogen-bond acceptors (Lipinski definition) is 5. The number of hydrogen-bond donors (Lipinski definition) is 2. The van der Waals surface area contributed by atoms with Gasteiger partial charge in [-0.3, -0.25) is 4.90 Å². The Balaban J connectivity index is 1.75. The van der Waals surface area contributed by atoms with Gasteiger partial charge in [-0.25, -0.2) is 9.18 Å². The van der Waals surface area contributed by atoms with E-state index in [1.807, 2.05) is 0 Å². The number of benzene rings is 3. The summed E-state index contributed by atoms with van der Waals surface area (Å²) in [6.07, 6.45) is -10.0. The van der Waals surface area contributed by atoms with E-state index in [1.165, 1.54) is 30.3 Å². The van der Waals surface area contributed by atoms with Crippen LogP contribution < -0.4 is 21.1 Å². The van der Waals surface area contributed by atoms with E-state index in [9.17, 15) is 35.5 Å². The lowest BCUT2D eigenvalue weighted by Gasteiger charge is -2.22. The van der Waals surface area contributed by atoms with Crippen LogP contribution in [0.4, 0.5) is 52.7 Å². The van der Waals surface area contributed by atoms with E-state index in [0.717, 1.165) is 17.0 Å². The van der Waals surface area contributed by atoms with Crippen molar-refractivity contribution in [3.63, 3.8) is 0 Å². The van der Waals surface area contributed by atoms with Gasteiger partial charge in [-0.2, -0.15) is 13.2 Å². The van der Waals surface area contributed by atoms with E-state index < -0.39 is 35.7 Å². The fraction of sp³-hybridized carbons (Fsp3) is 0.0909. The molecule has 0 radical (unpaired) electrons. The molecular formula is C22H13F7N4O3. The SMILES string of the molecule is NC(=O)N(c1ccc(-c2ccc(OC(F)(F)F)c3onc(N)c23)cc1)c1ccc(F)c(C(F)(F)F)c1. The highest BCUT2D eigenvalue weighted by atomic mass is 19.4. The lowest BCUT2D eigenvalue weighted by atomic mass is 10.0. The minimum absolute atomic E-state index is 0.0182. The molecule has 1 heterocycles. The number of fused-ring (bicyclic) bond motifs is 1. The molecule has 0 atom stereocenters. The number of anilines is 3. The lowest BCUT2D eigenvalue weighted by Crippen LogP contribution is -2.31. The molecular weight excluding hydrogens is 501 g/mol. The van der Waals surface area contributed by atoms with Crippen molar-refractivity contribution < 1.29 is 44.8 Å². The number of primary amides is 1. The first-order valence-corrected chi connectivity index (χ1v) is 9.76. The highest BCUT2D eigenvalue weighted by molar-refractivity contribution is 6.04. The highest BCUT2D eigenvalue weighted by Crippen LogP contribution is 2.41. The molecule has 0 saturated carbocycles. The van der Waals surface area contributed by atoms with Gasteiger partial charge in [0.05, 0.1) is 22.3 Å². The van der Waals surface area contributed by atoms with Gasteiger partial charge >= 0.3 is 18.6 Å². The molecule has 0 fully saturated rings. The second-order valence-corrected chi connectivity index (χ2v) is 7.31. The molecule has 4 rings (SSSR count). The quantitative estimate of drug-likeness (QED) is 0.309. The molecule has 4 N–H and O–H groups in total. The first kappa shape index (κ1) is 24.6. The summed E-state index contributed by atoms with van der Waals surface area (Å²) in [6, 6.07) is 8.50. The number of nitrogen functional groups attached to an aromatic ring is 1. The summed E-state index contributed by atoms with van der Waals surface area (Å²) in [5.41, 5.74) is 9.52. The summed E-state index contributed by atoms with van der Waals surface area (Å²) in [7, 11) is 0. The van der Waals surface area contributed by atoms with Crippen molar-refractivity contribution in [1.29, 1.82) is 0 Å². The van der Waals surface area contributed by atoms with E-state index in [2.05, 4.69) is 9.89 Å². The van der Waals surface area contributed by atoms with Crippen LogP contribution in [0.25, 0.3) is 22.1 Å². The molecule has 14 heteroatoms. The second kappa shape index (κ2) is 8.62. The summed E-state index contributed by atoms with van der Waals surface area (Å²) in [6.45, 7) is 0. The van der Waals surface area contributed by atoms with Crippen molar-refractivity contribution in [2.45, 2.75) is 12.5 Å². The van der Waals surface area contributed by atoms with Crippen molar-refractivity contribution in [2.75, 3.05) is 10.6 Å². The number of urea groups is 1. The van der Waals surface area contributed by atoms with E-state index in [-0.39, 0.29) is 33.7 Å². The Morgan fingerprint density at radius 1 is 0.944 bits per heavy atom. The molecule has 0 aliphatic carbocycles. The third-order valence-electron chi connectivity index (χ3n) is 5.01. The summed E-state index contributed by atoms with van der Waals surface area (Å²) in [4.78, 5) is 12.8. The van der Waals surface area contributed by atoms with E-state index >= 15 is 0 Å². The second-order valence-electron chi connectivity index (χ2n) is 7.31. The third kappa shape index (κ3) is 4.69. The number of aromatic nitrogens is 1. The molecule has 0 aliphatic rings. The minimum atomic E-state index is -5.01. The summed E-state index contributed by atoms with van der Waals surface area (Å²) in [5.74, 6) is -2.42. The van der Waals surface area contributed by atoms with Crippen molar-refractivity contribution >= 4 is 34.2 Å². The topological polar surface area (TPSA) is 108 Å². The number of ether oxygens (including phenoxy) is 1. The smallest absolute Gasteiger partial charge is 0.402 e. The number of alkyl halides is 6. The van der Waals surface area contributed by atoms with Gasteiger partial charge in [-0.05, 0) is 53.6 Å². The number of rotatable bonds is 4. The largest absolute Gasteiger partial charge is 0.573 e. The molecule has 0 spiro atoms. The van der Waals surface area contributed by atoms with Gasteiger partial charge in [0, 0.05) is 0 Å². The Labute approximate surface area is 196 Å². The minimum Gasteiger partial charge on any atom is -0.402 e. The molecule has 2 amide bonds. The van der Waals surface area contributed by atoms with Gasteiger partial charge in [0.1, 0.15) is 5.82 Å². The first-order chi connectivity index (χ1) is 16.8. The Hall–Kier alpha value is -4.49. The maximum atomic E-state index is 13.7. The molecule has 0 unspecified atom stereocenters. The van der Waals surface area contributed by atoms with Crippen molar-refractivity contribution in [1.82, 2.24) is 5.16 Å². The van der Waals surface area contributed by atoms with Crippen molar-refractivity contribution in [2.24, 2.45) is 5.73 Å². The number of nitrogens with two attached hydrogens (primary N) is 2. The van der Waals surface area contributed by atoms with E-state index in [1.54, 1.807) is 0 Å². The zero-order chi connectivity index (χ0) is 26.4. The van der Waals surface area contributed by atoms with Gasteiger partial charge in [-0.15, -0.1) is 13.2 Å². The molecule has 0 bridgehead atoms. The van der Waals surface area contributed by atoms with Gasteiger partial charge in [0.15, 0.2) is 11.6 Å². The average Bonchev–Trinajstić information content (AvgIpc) is 3.16. The normalized spacial score (nSPS) is 12.1. The molecule has 188 valence electrons. The van der Waals surface area contributed by atoms with Crippen LogP contribution in [0.3, 0.4) is 0 Å². The van der Waals surface area contributed by atoms with Crippen LogP contribution in [0.1, 0.15) is 5.56 Å². The van der Waals surface area contributed by atoms with E-state index in [4.69, 9.17) is 16.0 Å². The van der Waals surface area contributed by atoms with Crippen molar-refractivity contribution in [3.05, 3.63) is 66.0 Å². The maximum absolute atomic E-state index is 13.7. The van der Waals surface area contributed by atoms with Crippen LogP contribution in [0.5, 0.6) is 5.75 Å². The van der Waals surface area contributed by atoms with E-state index in [0.29, 0.717) is 17.7 Å². The van der Waals surface area contributed by atoms with Crippen LogP contribution >= 0.6 is 0 Å². The Morgan fingerprint density at radius 2 is 1.58 bits per heavy atom. The summed E-state index contributed by atoms with van der Waals surface area (Å²) >= 11 is 0. The third-order valence-corrected chi connectivity index (χ3v) is 5.01. The van der Waals surface area contributed by atoms with Gasteiger partial charge in [0.25, 0.3) is 0 Å². The maximum Gasteiger partial charge on any atom is 0.573 e. The summed E-state index contributed by atoms with van der Waals surface area (Å²) in [5, 5.41) is 3.50. The predicted molar refractivity (Wildman–Crippen MR) is 114 cm³/mol. The zero-order valence-electron chi connectivity index (χ0n) is 17.6. The van der Waals surface area contributed by atoms with Crippen LogP contribution in [-0.4, -0.2) is 17.6 Å². The highest BCUT2D eigenvalue weighted by Gasteiger charge is 2.35. The Kier molecular flexibility index (Phi) is 5.90. The number of amides is 2. The Morgan fingerprint density at radius 3 is 2.17 bits per heavy atom.